The van der Waals surface area contributed by atoms with E-state index in [2.05, 4.69) is 12.2 Å². The van der Waals surface area contributed by atoms with Gasteiger partial charge in [-0.25, -0.2) is 9.18 Å². The number of likely N-dealkylation sites (tertiary alicyclic amines) is 1. The van der Waals surface area contributed by atoms with Crippen LogP contribution < -0.4 is 5.32 Å². The molecule has 0 aromatic rings. The summed E-state index contributed by atoms with van der Waals surface area (Å²) >= 11 is 0. The van der Waals surface area contributed by atoms with Crippen LogP contribution in [0.2, 0.25) is 0 Å². The molecular weight excluding hydrogens is 271 g/mol. The van der Waals surface area contributed by atoms with Gasteiger partial charge in [-0.1, -0.05) is 32.6 Å². The normalized spacial score (nSPS) is 28.6. The molecule has 0 unspecified atom stereocenters. The summed E-state index contributed by atoms with van der Waals surface area (Å²) in [7, 11) is 0. The Morgan fingerprint density at radius 1 is 1.43 bits per heavy atom. The third-order valence-corrected chi connectivity index (χ3v) is 5.00. The number of urea groups is 1. The van der Waals surface area contributed by atoms with Crippen LogP contribution in [-0.2, 0) is 0 Å². The topological polar surface area (TPSA) is 52.6 Å². The van der Waals surface area contributed by atoms with Crippen LogP contribution in [0, 0.1) is 5.92 Å². The molecule has 0 aromatic heterocycles. The Kier molecular flexibility index (Phi) is 5.85. The van der Waals surface area contributed by atoms with E-state index < -0.39 is 12.3 Å². The van der Waals surface area contributed by atoms with Gasteiger partial charge in [0.25, 0.3) is 0 Å². The van der Waals surface area contributed by atoms with E-state index in [4.69, 9.17) is 5.11 Å². The quantitative estimate of drug-likeness (QED) is 0.820. The van der Waals surface area contributed by atoms with E-state index in [1.165, 1.54) is 37.0 Å². The Balaban J connectivity index is 1.89. The molecule has 2 atom stereocenters. The number of halogens is 1. The SMILES string of the molecule is CCC[C@@H](NC(=O)N1CC[C@@](F)(CO)C1)C1CCCCC1. The molecule has 1 saturated carbocycles. The average Bonchev–Trinajstić information content (AvgIpc) is 2.91. The van der Waals surface area contributed by atoms with E-state index in [0.29, 0.717) is 12.5 Å². The molecule has 2 fully saturated rings. The first-order valence-corrected chi connectivity index (χ1v) is 8.43. The van der Waals surface area contributed by atoms with Gasteiger partial charge in [-0.2, -0.15) is 0 Å². The fourth-order valence-electron chi connectivity index (χ4n) is 3.66. The van der Waals surface area contributed by atoms with Gasteiger partial charge in [0.05, 0.1) is 13.2 Å². The Bertz CT molecular complexity index is 347. The minimum atomic E-state index is -1.61. The third kappa shape index (κ3) is 4.31. The van der Waals surface area contributed by atoms with Crippen LogP contribution in [0.3, 0.4) is 0 Å². The molecule has 1 heterocycles. The predicted octanol–water partition coefficient (Wildman–Crippen LogP) is 2.85. The van der Waals surface area contributed by atoms with E-state index in [0.717, 1.165) is 12.8 Å². The van der Waals surface area contributed by atoms with Crippen molar-refractivity contribution < 1.29 is 14.3 Å². The van der Waals surface area contributed by atoms with Crippen LogP contribution in [-0.4, -0.2) is 47.4 Å². The Morgan fingerprint density at radius 2 is 2.14 bits per heavy atom. The fourth-order valence-corrected chi connectivity index (χ4v) is 3.66. The second-order valence-corrected chi connectivity index (χ2v) is 6.72. The van der Waals surface area contributed by atoms with Crippen molar-refractivity contribution in [2.45, 2.75) is 70.0 Å². The lowest BCUT2D eigenvalue weighted by atomic mass is 9.82. The molecule has 0 bridgehead atoms. The summed E-state index contributed by atoms with van der Waals surface area (Å²) < 4.78 is 14.0. The molecule has 0 radical (unpaired) electrons. The van der Waals surface area contributed by atoms with Crippen molar-refractivity contribution in [2.75, 3.05) is 19.7 Å². The monoisotopic (exact) mass is 300 g/mol. The fraction of sp³-hybridized carbons (Fsp3) is 0.938. The minimum absolute atomic E-state index is 0.0127. The van der Waals surface area contributed by atoms with Crippen molar-refractivity contribution in [1.82, 2.24) is 10.2 Å². The molecule has 0 aromatic carbocycles. The third-order valence-electron chi connectivity index (χ3n) is 5.00. The first kappa shape index (κ1) is 16.5. The first-order chi connectivity index (χ1) is 10.1. The molecule has 122 valence electrons. The lowest BCUT2D eigenvalue weighted by Gasteiger charge is -2.32. The number of hydrogen-bond donors (Lipinski definition) is 2. The lowest BCUT2D eigenvalue weighted by molar-refractivity contribution is 0.0800. The maximum Gasteiger partial charge on any atom is 0.317 e. The van der Waals surface area contributed by atoms with Crippen molar-refractivity contribution in [3.8, 4) is 0 Å². The van der Waals surface area contributed by atoms with Crippen molar-refractivity contribution >= 4 is 6.03 Å². The molecule has 2 aliphatic rings. The molecule has 2 N–H and O–H groups in total. The summed E-state index contributed by atoms with van der Waals surface area (Å²) in [5.41, 5.74) is -1.61. The van der Waals surface area contributed by atoms with Crippen molar-refractivity contribution in [3.63, 3.8) is 0 Å². The van der Waals surface area contributed by atoms with Crippen molar-refractivity contribution in [3.05, 3.63) is 0 Å². The molecule has 2 amide bonds. The molecule has 5 heteroatoms. The summed E-state index contributed by atoms with van der Waals surface area (Å²) in [6.07, 6.45) is 8.46. The van der Waals surface area contributed by atoms with Crippen LogP contribution in [0.15, 0.2) is 0 Å². The Hall–Kier alpha value is -0.840. The van der Waals surface area contributed by atoms with Crippen LogP contribution in [0.4, 0.5) is 9.18 Å². The van der Waals surface area contributed by atoms with Gasteiger partial charge in [0.15, 0.2) is 5.67 Å². The van der Waals surface area contributed by atoms with Gasteiger partial charge in [0.1, 0.15) is 0 Å². The summed E-state index contributed by atoms with van der Waals surface area (Å²) in [4.78, 5) is 13.9. The number of carbonyl (C=O) groups excluding carboxylic acids is 1. The zero-order valence-corrected chi connectivity index (χ0v) is 13.1. The highest BCUT2D eigenvalue weighted by molar-refractivity contribution is 5.75. The van der Waals surface area contributed by atoms with Gasteiger partial charge in [-0.3, -0.25) is 0 Å². The number of amides is 2. The summed E-state index contributed by atoms with van der Waals surface area (Å²) in [5, 5.41) is 12.2. The molecule has 2 rings (SSSR count). The molecule has 1 aliphatic carbocycles. The second kappa shape index (κ2) is 7.43. The van der Waals surface area contributed by atoms with Gasteiger partial charge in [-0.05, 0) is 25.2 Å². The Labute approximate surface area is 127 Å². The largest absolute Gasteiger partial charge is 0.393 e. The second-order valence-electron chi connectivity index (χ2n) is 6.72. The zero-order valence-electron chi connectivity index (χ0n) is 13.1. The van der Waals surface area contributed by atoms with Gasteiger partial charge < -0.3 is 15.3 Å². The highest BCUT2D eigenvalue weighted by Crippen LogP contribution is 2.29. The molecule has 1 aliphatic heterocycles. The maximum atomic E-state index is 14.0. The molecule has 0 spiro atoms. The van der Waals surface area contributed by atoms with E-state index >= 15 is 0 Å². The molecular formula is C16H29FN2O2. The number of carbonyl (C=O) groups is 1. The number of aliphatic hydroxyl groups excluding tert-OH is 1. The number of rotatable bonds is 5. The summed E-state index contributed by atoms with van der Waals surface area (Å²) in [6, 6.07) is 0.0542. The first-order valence-electron chi connectivity index (χ1n) is 8.43. The van der Waals surface area contributed by atoms with Crippen molar-refractivity contribution in [2.24, 2.45) is 5.92 Å². The summed E-state index contributed by atoms with van der Waals surface area (Å²) in [6.45, 7) is 2.04. The van der Waals surface area contributed by atoms with Crippen molar-refractivity contribution in [1.29, 1.82) is 0 Å². The number of alkyl halides is 1. The molecule has 4 nitrogen and oxygen atoms in total. The van der Waals surface area contributed by atoms with Crippen LogP contribution in [0.25, 0.3) is 0 Å². The zero-order chi connectivity index (χ0) is 15.3. The van der Waals surface area contributed by atoms with E-state index in [1.54, 1.807) is 0 Å². The van der Waals surface area contributed by atoms with E-state index in [-0.39, 0.29) is 25.0 Å². The highest BCUT2D eigenvalue weighted by Gasteiger charge is 2.40. The van der Waals surface area contributed by atoms with Gasteiger partial charge in [0.2, 0.25) is 0 Å². The number of aliphatic hydroxyl groups is 1. The van der Waals surface area contributed by atoms with Gasteiger partial charge in [0, 0.05) is 19.0 Å². The average molecular weight is 300 g/mol. The van der Waals surface area contributed by atoms with Crippen LogP contribution >= 0.6 is 0 Å². The lowest BCUT2D eigenvalue weighted by Crippen LogP contribution is -2.48. The highest BCUT2D eigenvalue weighted by atomic mass is 19.1. The van der Waals surface area contributed by atoms with Gasteiger partial charge >= 0.3 is 6.03 Å². The van der Waals surface area contributed by atoms with E-state index in [1.807, 2.05) is 0 Å². The minimum Gasteiger partial charge on any atom is -0.393 e. The van der Waals surface area contributed by atoms with Crippen LogP contribution in [0.5, 0.6) is 0 Å². The summed E-state index contributed by atoms with van der Waals surface area (Å²) in [5.74, 6) is 0.568. The smallest absolute Gasteiger partial charge is 0.317 e. The number of hydrogen-bond acceptors (Lipinski definition) is 2. The number of nitrogens with one attached hydrogen (secondary N) is 1. The van der Waals surface area contributed by atoms with Gasteiger partial charge in [-0.15, -0.1) is 0 Å². The van der Waals surface area contributed by atoms with E-state index in [9.17, 15) is 9.18 Å². The predicted molar refractivity (Wildman–Crippen MR) is 80.9 cm³/mol. The number of nitrogens with zero attached hydrogens (tertiary/aromatic N) is 1. The molecule has 1 saturated heterocycles. The van der Waals surface area contributed by atoms with Crippen LogP contribution in [0.1, 0.15) is 58.3 Å². The molecule has 21 heavy (non-hydrogen) atoms. The Morgan fingerprint density at radius 3 is 2.71 bits per heavy atom. The maximum absolute atomic E-state index is 14.0. The standard InChI is InChI=1S/C16H29FN2O2/c1-2-6-14(13-7-4-3-5-8-13)18-15(21)19-10-9-16(17,11-19)12-20/h13-14,20H,2-12H2,1H3,(H,18,21)/t14-,16+/m1/s1.